The van der Waals surface area contributed by atoms with Crippen LogP contribution in [0.4, 0.5) is 5.69 Å². The van der Waals surface area contributed by atoms with Gasteiger partial charge in [0, 0.05) is 44.1 Å². The number of nitrogens with one attached hydrogen (secondary N) is 1. The smallest absolute Gasteiger partial charge is 0.0744 e. The molecule has 96 valence electrons. The molecule has 0 spiro atoms. The maximum absolute atomic E-state index is 5.23. The van der Waals surface area contributed by atoms with Crippen LogP contribution >= 0.6 is 43.2 Å². The SMILES string of the molecule is COCc1c(Br)cccc1NCc1cc(Br)cs1. The van der Waals surface area contributed by atoms with Crippen LogP contribution in [0.15, 0.2) is 38.6 Å². The van der Waals surface area contributed by atoms with Crippen molar-refractivity contribution in [1.82, 2.24) is 0 Å². The van der Waals surface area contributed by atoms with E-state index in [-0.39, 0.29) is 0 Å². The van der Waals surface area contributed by atoms with Gasteiger partial charge in [-0.15, -0.1) is 11.3 Å². The Kier molecular flexibility index (Phi) is 5.24. The van der Waals surface area contributed by atoms with E-state index in [0.717, 1.165) is 26.7 Å². The zero-order valence-electron chi connectivity index (χ0n) is 9.87. The number of rotatable bonds is 5. The largest absolute Gasteiger partial charge is 0.380 e. The molecule has 18 heavy (non-hydrogen) atoms. The van der Waals surface area contributed by atoms with Crippen molar-refractivity contribution in [2.45, 2.75) is 13.2 Å². The molecule has 1 aromatic carbocycles. The van der Waals surface area contributed by atoms with Crippen LogP contribution in [0.25, 0.3) is 0 Å². The summed E-state index contributed by atoms with van der Waals surface area (Å²) in [5.41, 5.74) is 2.26. The van der Waals surface area contributed by atoms with Crippen molar-refractivity contribution in [3.05, 3.63) is 49.0 Å². The maximum Gasteiger partial charge on any atom is 0.0744 e. The van der Waals surface area contributed by atoms with Gasteiger partial charge in [0.05, 0.1) is 6.61 Å². The molecule has 0 amide bonds. The summed E-state index contributed by atoms with van der Waals surface area (Å²) in [5, 5.41) is 5.54. The lowest BCUT2D eigenvalue weighted by Gasteiger charge is -2.12. The fourth-order valence-electron chi connectivity index (χ4n) is 1.64. The summed E-state index contributed by atoms with van der Waals surface area (Å²) in [6.45, 7) is 1.42. The molecule has 2 aromatic rings. The summed E-state index contributed by atoms with van der Waals surface area (Å²) in [6.07, 6.45) is 0. The zero-order valence-corrected chi connectivity index (χ0v) is 13.9. The minimum atomic E-state index is 0.595. The third-order valence-corrected chi connectivity index (χ3v) is 4.92. The summed E-state index contributed by atoms with van der Waals surface area (Å²) in [5.74, 6) is 0. The van der Waals surface area contributed by atoms with E-state index in [4.69, 9.17) is 4.74 Å². The Balaban J connectivity index is 2.11. The molecule has 5 heteroatoms. The average molecular weight is 391 g/mol. The average Bonchev–Trinajstić information content (AvgIpc) is 2.76. The van der Waals surface area contributed by atoms with Gasteiger partial charge in [-0.2, -0.15) is 0 Å². The molecule has 0 bridgehead atoms. The first-order valence-electron chi connectivity index (χ1n) is 5.44. The monoisotopic (exact) mass is 389 g/mol. The van der Waals surface area contributed by atoms with Crippen molar-refractivity contribution in [2.24, 2.45) is 0 Å². The van der Waals surface area contributed by atoms with Crippen LogP contribution in [-0.4, -0.2) is 7.11 Å². The molecule has 0 radical (unpaired) electrons. The summed E-state index contributed by atoms with van der Waals surface area (Å²) in [7, 11) is 1.71. The molecule has 0 atom stereocenters. The van der Waals surface area contributed by atoms with E-state index in [2.05, 4.69) is 54.7 Å². The number of anilines is 1. The fourth-order valence-corrected chi connectivity index (χ4v) is 3.52. The quantitative estimate of drug-likeness (QED) is 0.772. The van der Waals surface area contributed by atoms with E-state index in [9.17, 15) is 0 Å². The Labute approximate surface area is 128 Å². The minimum Gasteiger partial charge on any atom is -0.380 e. The van der Waals surface area contributed by atoms with Crippen molar-refractivity contribution in [3.8, 4) is 0 Å². The Morgan fingerprint density at radius 1 is 1.33 bits per heavy atom. The molecule has 2 nitrogen and oxygen atoms in total. The first kappa shape index (κ1) is 14.1. The lowest BCUT2D eigenvalue weighted by atomic mass is 10.2. The van der Waals surface area contributed by atoms with Crippen molar-refractivity contribution in [3.63, 3.8) is 0 Å². The van der Waals surface area contributed by atoms with Gasteiger partial charge in [0.25, 0.3) is 0 Å². The van der Waals surface area contributed by atoms with Gasteiger partial charge < -0.3 is 10.1 Å². The van der Waals surface area contributed by atoms with Gasteiger partial charge in [-0.3, -0.25) is 0 Å². The highest BCUT2D eigenvalue weighted by Crippen LogP contribution is 2.27. The molecule has 1 aromatic heterocycles. The number of methoxy groups -OCH3 is 1. The molecular weight excluding hydrogens is 378 g/mol. The van der Waals surface area contributed by atoms with Crippen LogP contribution in [0.5, 0.6) is 0 Å². The van der Waals surface area contributed by atoms with Crippen LogP contribution in [0.2, 0.25) is 0 Å². The highest BCUT2D eigenvalue weighted by Gasteiger charge is 2.06. The van der Waals surface area contributed by atoms with E-state index >= 15 is 0 Å². The third kappa shape index (κ3) is 3.57. The van der Waals surface area contributed by atoms with Crippen molar-refractivity contribution in [1.29, 1.82) is 0 Å². The first-order chi connectivity index (χ1) is 8.70. The lowest BCUT2D eigenvalue weighted by molar-refractivity contribution is 0.185. The lowest BCUT2D eigenvalue weighted by Crippen LogP contribution is -2.02. The molecule has 0 aliphatic heterocycles. The molecule has 0 aliphatic carbocycles. The third-order valence-electron chi connectivity index (χ3n) is 2.48. The van der Waals surface area contributed by atoms with E-state index < -0.39 is 0 Å². The van der Waals surface area contributed by atoms with Crippen molar-refractivity contribution < 1.29 is 4.74 Å². The standard InChI is InChI=1S/C13H13Br2NOS/c1-17-7-11-12(15)3-2-4-13(11)16-6-10-5-9(14)8-18-10/h2-5,8,16H,6-7H2,1H3. The highest BCUT2D eigenvalue weighted by molar-refractivity contribution is 9.10. The summed E-state index contributed by atoms with van der Waals surface area (Å²) in [6, 6.07) is 8.25. The second-order valence-electron chi connectivity index (χ2n) is 3.78. The maximum atomic E-state index is 5.23. The molecule has 1 heterocycles. The van der Waals surface area contributed by atoms with Gasteiger partial charge in [0.15, 0.2) is 0 Å². The van der Waals surface area contributed by atoms with E-state index in [0.29, 0.717) is 6.61 Å². The zero-order chi connectivity index (χ0) is 13.0. The second-order valence-corrected chi connectivity index (χ2v) is 6.55. The van der Waals surface area contributed by atoms with Crippen LogP contribution in [0.3, 0.4) is 0 Å². The van der Waals surface area contributed by atoms with Crippen LogP contribution in [0, 0.1) is 0 Å². The molecule has 2 rings (SSSR count). The van der Waals surface area contributed by atoms with Crippen LogP contribution < -0.4 is 5.32 Å². The number of ether oxygens (including phenoxy) is 1. The summed E-state index contributed by atoms with van der Waals surface area (Å²) < 4.78 is 7.44. The Morgan fingerprint density at radius 2 is 2.17 bits per heavy atom. The first-order valence-corrected chi connectivity index (χ1v) is 7.90. The summed E-state index contributed by atoms with van der Waals surface area (Å²) >= 11 is 8.76. The number of halogens is 2. The van der Waals surface area contributed by atoms with Gasteiger partial charge in [-0.05, 0) is 34.1 Å². The highest BCUT2D eigenvalue weighted by atomic mass is 79.9. The predicted octanol–water partition coefficient (Wildman–Crippen LogP) is 5.03. The molecule has 0 saturated carbocycles. The van der Waals surface area contributed by atoms with Gasteiger partial charge in [0.1, 0.15) is 0 Å². The molecule has 0 saturated heterocycles. The molecule has 1 N–H and O–H groups in total. The van der Waals surface area contributed by atoms with E-state index in [1.54, 1.807) is 18.4 Å². The van der Waals surface area contributed by atoms with Crippen LogP contribution in [-0.2, 0) is 17.9 Å². The predicted molar refractivity (Wildman–Crippen MR) is 84.2 cm³/mol. The summed E-state index contributed by atoms with van der Waals surface area (Å²) in [4.78, 5) is 1.30. The number of hydrogen-bond acceptors (Lipinski definition) is 3. The van der Waals surface area contributed by atoms with Crippen molar-refractivity contribution >= 4 is 48.9 Å². The van der Waals surface area contributed by atoms with Gasteiger partial charge >= 0.3 is 0 Å². The van der Waals surface area contributed by atoms with E-state index in [1.807, 2.05) is 12.1 Å². The van der Waals surface area contributed by atoms with Crippen LogP contribution in [0.1, 0.15) is 10.4 Å². The fraction of sp³-hybridized carbons (Fsp3) is 0.231. The number of thiophene rings is 1. The van der Waals surface area contributed by atoms with Gasteiger partial charge in [-0.1, -0.05) is 22.0 Å². The molecule has 0 aliphatic rings. The Bertz CT molecular complexity index is 527. The number of hydrogen-bond donors (Lipinski definition) is 1. The topological polar surface area (TPSA) is 21.3 Å². The Hall–Kier alpha value is -0.360. The van der Waals surface area contributed by atoms with E-state index in [1.165, 1.54) is 4.88 Å². The van der Waals surface area contributed by atoms with Gasteiger partial charge in [-0.25, -0.2) is 0 Å². The molecular formula is C13H13Br2NOS. The van der Waals surface area contributed by atoms with Crippen molar-refractivity contribution in [2.75, 3.05) is 12.4 Å². The van der Waals surface area contributed by atoms with Gasteiger partial charge in [0.2, 0.25) is 0 Å². The second kappa shape index (κ2) is 6.70. The normalized spacial score (nSPS) is 10.6. The molecule has 0 fully saturated rings. The number of benzene rings is 1. The Morgan fingerprint density at radius 3 is 2.83 bits per heavy atom. The molecule has 0 unspecified atom stereocenters. The minimum absolute atomic E-state index is 0.595.